The highest BCUT2D eigenvalue weighted by molar-refractivity contribution is 4.95. The fourth-order valence-electron chi connectivity index (χ4n) is 3.72. The molecule has 3 nitrogen and oxygen atoms in total. The average Bonchev–Trinajstić information content (AvgIpc) is 3.09. The summed E-state index contributed by atoms with van der Waals surface area (Å²) in [6.45, 7) is 7.20. The van der Waals surface area contributed by atoms with E-state index in [9.17, 15) is 0 Å². The van der Waals surface area contributed by atoms with E-state index in [0.29, 0.717) is 0 Å². The van der Waals surface area contributed by atoms with Gasteiger partial charge < -0.3 is 5.73 Å². The average molecular weight is 237 g/mol. The Morgan fingerprint density at radius 2 is 1.82 bits per heavy atom. The highest BCUT2D eigenvalue weighted by atomic mass is 15.3. The van der Waals surface area contributed by atoms with Crippen LogP contribution in [0.3, 0.4) is 0 Å². The van der Waals surface area contributed by atoms with Crippen molar-refractivity contribution in [1.29, 1.82) is 0 Å². The van der Waals surface area contributed by atoms with Gasteiger partial charge in [-0.25, -0.2) is 0 Å². The number of hydrogen-bond donors (Lipinski definition) is 1. The minimum Gasteiger partial charge on any atom is -0.330 e. The van der Waals surface area contributed by atoms with Gasteiger partial charge in [-0.15, -0.1) is 0 Å². The van der Waals surface area contributed by atoms with Crippen LogP contribution in [0.2, 0.25) is 0 Å². The molecule has 0 aromatic heterocycles. The zero-order chi connectivity index (χ0) is 11.8. The summed E-state index contributed by atoms with van der Waals surface area (Å²) in [5.74, 6) is 0.751. The summed E-state index contributed by atoms with van der Waals surface area (Å²) in [7, 11) is 0. The third-order valence-corrected chi connectivity index (χ3v) is 5.09. The molecule has 3 fully saturated rings. The number of likely N-dealkylation sites (tertiary alicyclic amines) is 2. The number of piperidine rings is 1. The van der Waals surface area contributed by atoms with Gasteiger partial charge in [0.25, 0.3) is 0 Å². The maximum absolute atomic E-state index is 5.86. The zero-order valence-corrected chi connectivity index (χ0v) is 11.1. The topological polar surface area (TPSA) is 32.5 Å². The van der Waals surface area contributed by atoms with Crippen LogP contribution < -0.4 is 5.73 Å². The number of nitrogens with zero attached hydrogens (tertiary/aromatic N) is 2. The van der Waals surface area contributed by atoms with E-state index in [-0.39, 0.29) is 0 Å². The molecule has 98 valence electrons. The monoisotopic (exact) mass is 237 g/mol. The SMILES string of the molecule is CC1CCC(CN)CN1C1CCN(C2CC2)C1. The second-order valence-electron chi connectivity index (χ2n) is 6.39. The quantitative estimate of drug-likeness (QED) is 0.802. The molecule has 3 atom stereocenters. The van der Waals surface area contributed by atoms with Crippen LogP contribution in [0.15, 0.2) is 0 Å². The lowest BCUT2D eigenvalue weighted by Crippen LogP contribution is -2.50. The van der Waals surface area contributed by atoms with E-state index >= 15 is 0 Å². The molecular formula is C14H27N3. The van der Waals surface area contributed by atoms with Crippen LogP contribution in [0, 0.1) is 5.92 Å². The highest BCUT2D eigenvalue weighted by Gasteiger charge is 2.38. The van der Waals surface area contributed by atoms with E-state index in [1.807, 2.05) is 0 Å². The Morgan fingerprint density at radius 1 is 1.00 bits per heavy atom. The van der Waals surface area contributed by atoms with Gasteiger partial charge in [-0.2, -0.15) is 0 Å². The van der Waals surface area contributed by atoms with Gasteiger partial charge in [-0.1, -0.05) is 0 Å². The Kier molecular flexibility index (Phi) is 3.42. The van der Waals surface area contributed by atoms with Crippen LogP contribution in [0.1, 0.15) is 39.0 Å². The first-order chi connectivity index (χ1) is 8.28. The first-order valence-electron chi connectivity index (χ1n) is 7.47. The van der Waals surface area contributed by atoms with Crippen molar-refractivity contribution < 1.29 is 0 Å². The van der Waals surface area contributed by atoms with Gasteiger partial charge in [0, 0.05) is 37.8 Å². The van der Waals surface area contributed by atoms with Crippen LogP contribution in [0.4, 0.5) is 0 Å². The first kappa shape index (κ1) is 11.9. The first-order valence-corrected chi connectivity index (χ1v) is 7.47. The summed E-state index contributed by atoms with van der Waals surface area (Å²) >= 11 is 0. The predicted molar refractivity (Wildman–Crippen MR) is 70.9 cm³/mol. The zero-order valence-electron chi connectivity index (χ0n) is 11.1. The van der Waals surface area contributed by atoms with Crippen LogP contribution in [0.5, 0.6) is 0 Å². The van der Waals surface area contributed by atoms with E-state index in [2.05, 4.69) is 16.7 Å². The van der Waals surface area contributed by atoms with Crippen molar-refractivity contribution in [3.05, 3.63) is 0 Å². The van der Waals surface area contributed by atoms with Crippen molar-refractivity contribution >= 4 is 0 Å². The van der Waals surface area contributed by atoms with Crippen LogP contribution in [0.25, 0.3) is 0 Å². The van der Waals surface area contributed by atoms with Crippen molar-refractivity contribution in [3.8, 4) is 0 Å². The van der Waals surface area contributed by atoms with Gasteiger partial charge in [-0.05, 0) is 51.5 Å². The van der Waals surface area contributed by atoms with E-state index in [4.69, 9.17) is 5.73 Å². The molecule has 3 unspecified atom stereocenters. The van der Waals surface area contributed by atoms with Crippen LogP contribution in [-0.2, 0) is 0 Å². The van der Waals surface area contributed by atoms with Crippen molar-refractivity contribution in [2.24, 2.45) is 11.7 Å². The summed E-state index contributed by atoms with van der Waals surface area (Å²) in [6, 6.07) is 2.55. The summed E-state index contributed by atoms with van der Waals surface area (Å²) in [6.07, 6.45) is 6.98. The van der Waals surface area contributed by atoms with Crippen molar-refractivity contribution in [1.82, 2.24) is 9.80 Å². The normalized spacial score (nSPS) is 40.9. The standard InChI is InChI=1S/C14H27N3/c1-11-2-3-12(8-15)9-17(11)14-6-7-16(10-14)13-4-5-13/h11-14H,2-10,15H2,1H3. The largest absolute Gasteiger partial charge is 0.330 e. The molecule has 0 aromatic rings. The van der Waals surface area contributed by atoms with E-state index in [1.165, 1.54) is 51.7 Å². The Labute approximate surface area is 105 Å². The molecule has 3 aliphatic rings. The molecule has 3 heteroatoms. The van der Waals surface area contributed by atoms with Gasteiger partial charge in [0.15, 0.2) is 0 Å². The van der Waals surface area contributed by atoms with Crippen molar-refractivity contribution in [2.75, 3.05) is 26.2 Å². The van der Waals surface area contributed by atoms with E-state index in [1.54, 1.807) is 0 Å². The summed E-state index contributed by atoms with van der Waals surface area (Å²) in [4.78, 5) is 5.49. The maximum atomic E-state index is 5.86. The second kappa shape index (κ2) is 4.87. The second-order valence-corrected chi connectivity index (χ2v) is 6.39. The number of rotatable bonds is 3. The fourth-order valence-corrected chi connectivity index (χ4v) is 3.72. The molecule has 2 saturated heterocycles. The molecule has 2 aliphatic heterocycles. The molecule has 17 heavy (non-hydrogen) atoms. The lowest BCUT2D eigenvalue weighted by atomic mass is 9.92. The third kappa shape index (κ3) is 2.51. The minimum absolute atomic E-state index is 0.751. The molecule has 1 aliphatic carbocycles. The minimum atomic E-state index is 0.751. The van der Waals surface area contributed by atoms with Crippen LogP contribution >= 0.6 is 0 Å². The van der Waals surface area contributed by atoms with Gasteiger partial charge in [0.2, 0.25) is 0 Å². The molecule has 0 amide bonds. The molecule has 0 spiro atoms. The summed E-state index contributed by atoms with van der Waals surface area (Å²) in [5, 5.41) is 0. The summed E-state index contributed by atoms with van der Waals surface area (Å²) < 4.78 is 0. The molecule has 2 N–H and O–H groups in total. The Morgan fingerprint density at radius 3 is 2.53 bits per heavy atom. The van der Waals surface area contributed by atoms with Crippen molar-refractivity contribution in [3.63, 3.8) is 0 Å². The lowest BCUT2D eigenvalue weighted by molar-refractivity contribution is 0.0760. The van der Waals surface area contributed by atoms with Gasteiger partial charge >= 0.3 is 0 Å². The Balaban J connectivity index is 1.58. The molecule has 0 radical (unpaired) electrons. The lowest BCUT2D eigenvalue weighted by Gasteiger charge is -2.41. The van der Waals surface area contributed by atoms with E-state index in [0.717, 1.165) is 30.6 Å². The highest BCUT2D eigenvalue weighted by Crippen LogP contribution is 2.33. The van der Waals surface area contributed by atoms with Gasteiger partial charge in [-0.3, -0.25) is 9.80 Å². The van der Waals surface area contributed by atoms with Crippen molar-refractivity contribution in [2.45, 2.75) is 57.2 Å². The molecule has 2 heterocycles. The Bertz CT molecular complexity index is 264. The maximum Gasteiger partial charge on any atom is 0.0238 e. The predicted octanol–water partition coefficient (Wildman–Crippen LogP) is 1.28. The molecule has 1 saturated carbocycles. The number of nitrogens with two attached hydrogens (primary N) is 1. The van der Waals surface area contributed by atoms with Gasteiger partial charge in [0.1, 0.15) is 0 Å². The Hall–Kier alpha value is -0.120. The fraction of sp³-hybridized carbons (Fsp3) is 1.00. The molecular weight excluding hydrogens is 210 g/mol. The third-order valence-electron chi connectivity index (χ3n) is 5.09. The van der Waals surface area contributed by atoms with Crippen LogP contribution in [-0.4, -0.2) is 54.1 Å². The smallest absolute Gasteiger partial charge is 0.0238 e. The number of hydrogen-bond acceptors (Lipinski definition) is 3. The summed E-state index contributed by atoms with van der Waals surface area (Å²) in [5.41, 5.74) is 5.86. The molecule has 0 bridgehead atoms. The molecule has 0 aromatic carbocycles. The van der Waals surface area contributed by atoms with Gasteiger partial charge in [0.05, 0.1) is 0 Å². The van der Waals surface area contributed by atoms with E-state index < -0.39 is 0 Å². The molecule has 3 rings (SSSR count).